The first kappa shape index (κ1) is 14.7. The van der Waals surface area contributed by atoms with Gasteiger partial charge in [0.2, 0.25) is 0 Å². The lowest BCUT2D eigenvalue weighted by molar-refractivity contribution is 0.265. The van der Waals surface area contributed by atoms with E-state index in [1.165, 1.54) is 6.07 Å². The highest BCUT2D eigenvalue weighted by atomic mass is 19.1. The van der Waals surface area contributed by atoms with Gasteiger partial charge in [-0.1, -0.05) is 26.0 Å². The van der Waals surface area contributed by atoms with Crippen LogP contribution < -0.4 is 0 Å². The predicted molar refractivity (Wildman–Crippen MR) is 71.4 cm³/mol. The predicted octanol–water partition coefficient (Wildman–Crippen LogP) is 3.36. The number of hydrogen-bond acceptors (Lipinski definition) is 2. The number of nitriles is 1. The normalized spacial score (nSPS) is 12.8. The molecule has 0 aliphatic carbocycles. The monoisotopic (exact) mass is 248 g/mol. The maximum absolute atomic E-state index is 13.2. The second-order valence-corrected chi connectivity index (χ2v) is 5.26. The van der Waals surface area contributed by atoms with Crippen molar-refractivity contribution in [2.24, 2.45) is 11.8 Å². The van der Waals surface area contributed by atoms with E-state index < -0.39 is 0 Å². The molecule has 1 rings (SSSR count). The minimum Gasteiger partial charge on any atom is -0.301 e. The Bertz CT molecular complexity index is 435. The van der Waals surface area contributed by atoms with Crippen LogP contribution in [0, 0.1) is 35.9 Å². The van der Waals surface area contributed by atoms with Crippen LogP contribution >= 0.6 is 0 Å². The molecule has 0 saturated carbocycles. The molecule has 0 bridgehead atoms. The highest BCUT2D eigenvalue weighted by molar-refractivity contribution is 5.23. The van der Waals surface area contributed by atoms with Gasteiger partial charge < -0.3 is 4.90 Å². The van der Waals surface area contributed by atoms with E-state index in [1.807, 2.05) is 13.1 Å². The van der Waals surface area contributed by atoms with Gasteiger partial charge in [-0.2, -0.15) is 5.26 Å². The minimum atomic E-state index is -0.168. The van der Waals surface area contributed by atoms with Gasteiger partial charge in [0.05, 0.1) is 12.0 Å². The van der Waals surface area contributed by atoms with Gasteiger partial charge in [0.15, 0.2) is 0 Å². The topological polar surface area (TPSA) is 27.0 Å². The third-order valence-corrected chi connectivity index (χ3v) is 3.15. The first-order valence-corrected chi connectivity index (χ1v) is 6.27. The van der Waals surface area contributed by atoms with Crippen LogP contribution in [0.25, 0.3) is 0 Å². The van der Waals surface area contributed by atoms with Crippen LogP contribution in [0.1, 0.15) is 25.0 Å². The molecule has 1 unspecified atom stereocenters. The van der Waals surface area contributed by atoms with Gasteiger partial charge in [-0.25, -0.2) is 4.39 Å². The van der Waals surface area contributed by atoms with Gasteiger partial charge in [-0.05, 0) is 37.1 Å². The maximum atomic E-state index is 13.2. The number of hydrogen-bond donors (Lipinski definition) is 0. The average Bonchev–Trinajstić information content (AvgIpc) is 2.30. The fraction of sp³-hybridized carbons (Fsp3) is 0.533. The van der Waals surface area contributed by atoms with Crippen molar-refractivity contribution < 1.29 is 4.39 Å². The molecule has 0 fully saturated rings. The largest absolute Gasteiger partial charge is 0.301 e. The van der Waals surface area contributed by atoms with Crippen LogP contribution in [0.2, 0.25) is 0 Å². The highest BCUT2D eigenvalue weighted by Gasteiger charge is 2.15. The molecule has 3 heteroatoms. The molecule has 0 amide bonds. The summed E-state index contributed by atoms with van der Waals surface area (Å²) in [5.74, 6) is 0.224. The zero-order valence-electron chi connectivity index (χ0n) is 11.6. The Morgan fingerprint density at radius 3 is 2.56 bits per heavy atom. The fourth-order valence-corrected chi connectivity index (χ4v) is 1.92. The molecule has 0 spiro atoms. The minimum absolute atomic E-state index is 0.0385. The van der Waals surface area contributed by atoms with Crippen LogP contribution in [-0.2, 0) is 6.54 Å². The lowest BCUT2D eigenvalue weighted by Gasteiger charge is -2.22. The number of rotatable bonds is 5. The molecule has 0 N–H and O–H groups in total. The van der Waals surface area contributed by atoms with Gasteiger partial charge >= 0.3 is 0 Å². The molecule has 0 aromatic heterocycles. The van der Waals surface area contributed by atoms with E-state index in [0.29, 0.717) is 11.5 Å². The van der Waals surface area contributed by atoms with E-state index in [4.69, 9.17) is 5.26 Å². The smallest absolute Gasteiger partial charge is 0.126 e. The summed E-state index contributed by atoms with van der Waals surface area (Å²) in [6.45, 7) is 7.37. The third kappa shape index (κ3) is 4.12. The number of benzene rings is 1. The molecule has 0 aliphatic heterocycles. The summed E-state index contributed by atoms with van der Waals surface area (Å²) in [4.78, 5) is 2.11. The van der Waals surface area contributed by atoms with Crippen molar-refractivity contribution in [3.05, 3.63) is 35.1 Å². The Morgan fingerprint density at radius 2 is 2.06 bits per heavy atom. The Hall–Kier alpha value is -1.40. The summed E-state index contributed by atoms with van der Waals surface area (Å²) in [5, 5.41) is 9.07. The summed E-state index contributed by atoms with van der Waals surface area (Å²) in [7, 11) is 1.99. The van der Waals surface area contributed by atoms with Gasteiger partial charge in [0, 0.05) is 13.1 Å². The van der Waals surface area contributed by atoms with Gasteiger partial charge in [-0.15, -0.1) is 0 Å². The van der Waals surface area contributed by atoms with E-state index in [-0.39, 0.29) is 11.7 Å². The lowest BCUT2D eigenvalue weighted by atomic mass is 9.97. The summed E-state index contributed by atoms with van der Waals surface area (Å²) in [6, 6.07) is 7.50. The molecule has 0 heterocycles. The quantitative estimate of drug-likeness (QED) is 0.799. The van der Waals surface area contributed by atoms with Crippen LogP contribution in [0.3, 0.4) is 0 Å². The van der Waals surface area contributed by atoms with Crippen LogP contribution in [0.5, 0.6) is 0 Å². The van der Waals surface area contributed by atoms with Crippen molar-refractivity contribution in [1.82, 2.24) is 4.90 Å². The Labute approximate surface area is 109 Å². The van der Waals surface area contributed by atoms with Crippen molar-refractivity contribution in [3.8, 4) is 6.07 Å². The molecule has 98 valence electrons. The number of halogens is 1. The van der Waals surface area contributed by atoms with Crippen molar-refractivity contribution in [1.29, 1.82) is 5.26 Å². The SMILES string of the molecule is Cc1cc(CN(C)CC(C#N)C(C)C)ccc1F. The molecular formula is C15H21FN2. The van der Waals surface area contributed by atoms with Crippen LogP contribution in [0.15, 0.2) is 18.2 Å². The standard InChI is InChI=1S/C15H21FN2/c1-11(2)14(8-17)10-18(4)9-13-5-6-15(16)12(3)7-13/h5-7,11,14H,9-10H2,1-4H3. The first-order valence-electron chi connectivity index (χ1n) is 6.27. The summed E-state index contributed by atoms with van der Waals surface area (Å²) >= 11 is 0. The molecule has 0 saturated heterocycles. The maximum Gasteiger partial charge on any atom is 0.126 e. The third-order valence-electron chi connectivity index (χ3n) is 3.15. The Kier molecular flexibility index (Phi) is 5.30. The van der Waals surface area contributed by atoms with E-state index in [1.54, 1.807) is 13.0 Å². The molecule has 1 aromatic rings. The molecule has 18 heavy (non-hydrogen) atoms. The first-order chi connectivity index (χ1) is 8.43. The van der Waals surface area contributed by atoms with Crippen molar-refractivity contribution in [3.63, 3.8) is 0 Å². The fourth-order valence-electron chi connectivity index (χ4n) is 1.92. The molecular weight excluding hydrogens is 227 g/mol. The van der Waals surface area contributed by atoms with E-state index in [9.17, 15) is 4.39 Å². The van der Waals surface area contributed by atoms with Crippen molar-refractivity contribution >= 4 is 0 Å². The highest BCUT2D eigenvalue weighted by Crippen LogP contribution is 2.14. The zero-order valence-corrected chi connectivity index (χ0v) is 11.6. The summed E-state index contributed by atoms with van der Waals surface area (Å²) in [5.41, 5.74) is 1.75. The van der Waals surface area contributed by atoms with Gasteiger partial charge in [0.25, 0.3) is 0 Å². The molecule has 1 aromatic carbocycles. The molecule has 0 aliphatic rings. The van der Waals surface area contributed by atoms with Gasteiger partial charge in [0.1, 0.15) is 5.82 Å². The zero-order chi connectivity index (χ0) is 13.7. The van der Waals surface area contributed by atoms with Gasteiger partial charge in [-0.3, -0.25) is 0 Å². The lowest BCUT2D eigenvalue weighted by Crippen LogP contribution is -2.27. The Morgan fingerprint density at radius 1 is 1.39 bits per heavy atom. The van der Waals surface area contributed by atoms with E-state index in [0.717, 1.165) is 18.7 Å². The second-order valence-electron chi connectivity index (χ2n) is 5.26. The molecule has 1 atom stereocenters. The van der Waals surface area contributed by atoms with E-state index in [2.05, 4.69) is 24.8 Å². The van der Waals surface area contributed by atoms with Crippen LogP contribution in [-0.4, -0.2) is 18.5 Å². The molecule has 2 nitrogen and oxygen atoms in total. The molecule has 0 radical (unpaired) electrons. The van der Waals surface area contributed by atoms with Crippen molar-refractivity contribution in [2.75, 3.05) is 13.6 Å². The second kappa shape index (κ2) is 6.51. The summed E-state index contributed by atoms with van der Waals surface area (Å²) in [6.07, 6.45) is 0. The average molecular weight is 248 g/mol. The Balaban J connectivity index is 2.62. The summed E-state index contributed by atoms with van der Waals surface area (Å²) < 4.78 is 13.2. The van der Waals surface area contributed by atoms with Crippen LogP contribution in [0.4, 0.5) is 4.39 Å². The van der Waals surface area contributed by atoms with E-state index >= 15 is 0 Å². The van der Waals surface area contributed by atoms with Crippen molar-refractivity contribution in [2.45, 2.75) is 27.3 Å². The number of aryl methyl sites for hydroxylation is 1. The number of nitrogens with zero attached hydrogens (tertiary/aromatic N) is 2.